The van der Waals surface area contributed by atoms with Gasteiger partial charge in [0.15, 0.2) is 0 Å². The minimum Gasteiger partial charge on any atom is -0.448 e. The fourth-order valence-electron chi connectivity index (χ4n) is 1.38. The van der Waals surface area contributed by atoms with E-state index in [0.717, 1.165) is 13.0 Å². The van der Waals surface area contributed by atoms with Crippen LogP contribution < -0.4 is 5.32 Å². The molecule has 0 radical (unpaired) electrons. The molecule has 0 bridgehead atoms. The molecule has 1 heterocycles. The second kappa shape index (κ2) is 4.14. The quantitative estimate of drug-likeness (QED) is 0.629. The van der Waals surface area contributed by atoms with E-state index >= 15 is 0 Å². The van der Waals surface area contributed by atoms with Crippen LogP contribution in [-0.4, -0.2) is 44.5 Å². The Morgan fingerprint density at radius 1 is 1.17 bits per heavy atom. The van der Waals surface area contributed by atoms with Crippen molar-refractivity contribution in [1.29, 1.82) is 0 Å². The van der Waals surface area contributed by atoms with E-state index in [4.69, 9.17) is 0 Å². The van der Waals surface area contributed by atoms with Gasteiger partial charge in [-0.3, -0.25) is 0 Å². The molecule has 2 nitrogen and oxygen atoms in total. The summed E-state index contributed by atoms with van der Waals surface area (Å²) in [5, 5.41) is 3.06. The predicted molar refractivity (Wildman–Crippen MR) is 43.0 cm³/mol. The normalized spacial score (nSPS) is 22.2. The monoisotopic (exact) mass is 181 g/mol. The summed E-state index contributed by atoms with van der Waals surface area (Å²) in [6, 6.07) is 0. The summed E-state index contributed by atoms with van der Waals surface area (Å²) >= 11 is 0. The Bertz CT molecular complexity index is 131. The number of nitrogens with zero attached hydrogens (tertiary/aromatic N) is 1. The Morgan fingerprint density at radius 3 is 2.58 bits per heavy atom. The molecule has 0 aliphatic carbocycles. The fraction of sp³-hybridized carbons (Fsp3) is 1.00. The average Bonchev–Trinajstić information content (AvgIpc) is 2.12. The number of hydrogen-bond acceptors (Lipinski definition) is 2. The van der Waals surface area contributed by atoms with Crippen molar-refractivity contribution in [2.75, 3.05) is 32.6 Å². The molecule has 0 aromatic heterocycles. The molecule has 72 valence electrons. The third-order valence-corrected chi connectivity index (χ3v) is 1.90. The molecule has 12 heavy (non-hydrogen) atoms. The third-order valence-electron chi connectivity index (χ3n) is 1.90. The van der Waals surface area contributed by atoms with Crippen molar-refractivity contribution in [3.8, 4) is 0 Å². The van der Waals surface area contributed by atoms with Gasteiger partial charge in [-0.25, -0.2) is 0 Å². The molecule has 1 N–H and O–H groups in total. The van der Waals surface area contributed by atoms with Crippen molar-refractivity contribution in [3.05, 3.63) is 0 Å². The highest BCUT2D eigenvalue weighted by atomic mass is 19.4. The van der Waals surface area contributed by atoms with Gasteiger partial charge in [0.05, 0.1) is 0 Å². The molecule has 1 aliphatic heterocycles. The van der Waals surface area contributed by atoms with Crippen LogP contribution >= 0.6 is 0 Å². The number of hydrogen-bond donors (Lipinski definition) is 1. The smallest absolute Gasteiger partial charge is 0.448 e. The maximum atomic E-state index is 12.0. The molecule has 1 aliphatic rings. The minimum absolute atomic E-state index is 0.515. The van der Waals surface area contributed by atoms with Gasteiger partial charge in [-0.05, 0) is 26.0 Å². The Hall–Kier alpha value is -0.225. The van der Waals surface area contributed by atoms with Crippen LogP contribution in [0.15, 0.2) is 0 Å². The molecular weight excluding hydrogens is 168 g/mol. The lowest BCUT2D eigenvalue weighted by molar-refractivity contribution is 0.294. The fourth-order valence-corrected chi connectivity index (χ4v) is 1.38. The molecule has 1 saturated heterocycles. The van der Waals surface area contributed by atoms with Crippen molar-refractivity contribution in [3.63, 3.8) is 0 Å². The van der Waals surface area contributed by atoms with Gasteiger partial charge in [0.1, 0.15) is 0 Å². The van der Waals surface area contributed by atoms with Gasteiger partial charge in [0, 0.05) is 13.1 Å². The van der Waals surface area contributed by atoms with Crippen molar-refractivity contribution in [1.82, 2.24) is 10.2 Å². The van der Waals surface area contributed by atoms with Crippen LogP contribution in [0, 0.1) is 0 Å². The lowest BCUT2D eigenvalue weighted by Crippen LogP contribution is -2.39. The Balaban J connectivity index is 2.30. The first-order chi connectivity index (χ1) is 5.58. The van der Waals surface area contributed by atoms with Crippen LogP contribution in [0.2, 0.25) is 0 Å². The molecule has 6 heteroatoms. The van der Waals surface area contributed by atoms with Crippen LogP contribution in [0.3, 0.4) is 0 Å². The topological polar surface area (TPSA) is 15.3 Å². The lowest BCUT2D eigenvalue weighted by atomic mass is 9.91. The summed E-state index contributed by atoms with van der Waals surface area (Å²) in [5.41, 5.74) is 0. The van der Waals surface area contributed by atoms with Gasteiger partial charge < -0.3 is 23.2 Å². The second-order valence-corrected chi connectivity index (χ2v) is 3.11. The van der Waals surface area contributed by atoms with Gasteiger partial charge in [-0.2, -0.15) is 0 Å². The molecule has 0 aromatic rings. The molecule has 0 atom stereocenters. The van der Waals surface area contributed by atoms with Gasteiger partial charge >= 0.3 is 6.98 Å². The maximum Gasteiger partial charge on any atom is 0.492 e. The summed E-state index contributed by atoms with van der Waals surface area (Å²) in [6.45, 7) is -2.06. The van der Waals surface area contributed by atoms with Crippen molar-refractivity contribution < 1.29 is 12.9 Å². The molecular formula is C6H13BF3N2-. The molecule has 0 saturated carbocycles. The molecule has 0 unspecified atom stereocenters. The van der Waals surface area contributed by atoms with Crippen LogP contribution in [0.1, 0.15) is 6.42 Å². The number of halogens is 3. The first-order valence-corrected chi connectivity index (χ1v) is 4.22. The largest absolute Gasteiger partial charge is 0.492 e. The van der Waals surface area contributed by atoms with Crippen molar-refractivity contribution in [2.24, 2.45) is 0 Å². The Morgan fingerprint density at radius 2 is 1.92 bits per heavy atom. The number of nitrogens with one attached hydrogen (secondary N) is 1. The first-order valence-electron chi connectivity index (χ1n) is 4.22. The van der Waals surface area contributed by atoms with E-state index in [1.54, 1.807) is 0 Å². The summed E-state index contributed by atoms with van der Waals surface area (Å²) < 4.78 is 35.9. The third kappa shape index (κ3) is 3.97. The van der Waals surface area contributed by atoms with Crippen molar-refractivity contribution in [2.45, 2.75) is 6.42 Å². The SMILES string of the molecule is F[B-](F)(F)CN1CCCNCC1. The summed E-state index contributed by atoms with van der Waals surface area (Å²) in [6.07, 6.45) is 0.105. The highest BCUT2D eigenvalue weighted by molar-refractivity contribution is 6.58. The van der Waals surface area contributed by atoms with E-state index in [1.165, 1.54) is 4.90 Å². The van der Waals surface area contributed by atoms with Gasteiger partial charge in [0.2, 0.25) is 0 Å². The molecule has 0 aromatic carbocycles. The van der Waals surface area contributed by atoms with E-state index in [9.17, 15) is 12.9 Å². The first kappa shape index (κ1) is 9.86. The zero-order valence-corrected chi connectivity index (χ0v) is 6.90. The van der Waals surface area contributed by atoms with Gasteiger partial charge in [0.25, 0.3) is 0 Å². The van der Waals surface area contributed by atoms with Crippen molar-refractivity contribution >= 4 is 6.98 Å². The summed E-state index contributed by atoms with van der Waals surface area (Å²) in [7, 11) is 0. The Kier molecular flexibility index (Phi) is 3.40. The standard InChI is InChI=1S/C6H13BF3N2/c8-7(9,10)6-12-4-1-2-11-3-5-12/h11H,1-6H2/q-1. The van der Waals surface area contributed by atoms with E-state index in [-0.39, 0.29) is 0 Å². The molecule has 1 fully saturated rings. The Labute approximate surface area is 70.2 Å². The molecule has 1 rings (SSSR count). The predicted octanol–water partition coefficient (Wildman–Crippen LogP) is 0.668. The molecule has 0 spiro atoms. The summed E-state index contributed by atoms with van der Waals surface area (Å²) in [5.74, 6) is 0. The van der Waals surface area contributed by atoms with E-state index < -0.39 is 13.4 Å². The van der Waals surface area contributed by atoms with Crippen LogP contribution in [0.25, 0.3) is 0 Å². The van der Waals surface area contributed by atoms with E-state index in [2.05, 4.69) is 5.32 Å². The maximum absolute atomic E-state index is 12.0. The van der Waals surface area contributed by atoms with E-state index in [0.29, 0.717) is 19.6 Å². The lowest BCUT2D eigenvalue weighted by Gasteiger charge is -2.25. The number of rotatable bonds is 2. The summed E-state index contributed by atoms with van der Waals surface area (Å²) in [4.78, 5) is 1.47. The average molecular weight is 181 g/mol. The van der Waals surface area contributed by atoms with Gasteiger partial charge in [-0.1, -0.05) is 0 Å². The second-order valence-electron chi connectivity index (χ2n) is 3.11. The van der Waals surface area contributed by atoms with Crippen LogP contribution in [0.4, 0.5) is 12.9 Å². The van der Waals surface area contributed by atoms with E-state index in [1.807, 2.05) is 0 Å². The highest BCUT2D eigenvalue weighted by Gasteiger charge is 2.26. The minimum atomic E-state index is -4.64. The molecule has 0 amide bonds. The van der Waals surface area contributed by atoms with Crippen LogP contribution in [-0.2, 0) is 0 Å². The van der Waals surface area contributed by atoms with Gasteiger partial charge in [-0.15, -0.1) is 0 Å². The highest BCUT2D eigenvalue weighted by Crippen LogP contribution is 2.10. The van der Waals surface area contributed by atoms with Crippen LogP contribution in [0.5, 0.6) is 0 Å². The zero-order chi connectivity index (χ0) is 9.03. The zero-order valence-electron chi connectivity index (χ0n) is 6.90.